The summed E-state index contributed by atoms with van der Waals surface area (Å²) in [5.41, 5.74) is -1.17. The molecule has 1 aromatic heterocycles. The van der Waals surface area contributed by atoms with Gasteiger partial charge in [0, 0.05) is 19.5 Å². The van der Waals surface area contributed by atoms with E-state index in [0.29, 0.717) is 50.0 Å². The number of amides is 1. The van der Waals surface area contributed by atoms with E-state index in [1.165, 1.54) is 26.0 Å². The smallest absolute Gasteiger partial charge is 0.416 e. The van der Waals surface area contributed by atoms with Crippen LogP contribution in [0.4, 0.5) is 13.2 Å². The van der Waals surface area contributed by atoms with Crippen molar-refractivity contribution in [3.8, 4) is 11.8 Å². The molecule has 1 saturated carbocycles. The van der Waals surface area contributed by atoms with Gasteiger partial charge in [-0.1, -0.05) is 25.0 Å². The molecule has 0 unspecified atom stereocenters. The average Bonchev–Trinajstić information content (AvgIpc) is 3.18. The van der Waals surface area contributed by atoms with Gasteiger partial charge in [-0.2, -0.15) is 13.2 Å². The molecule has 37 heavy (non-hydrogen) atoms. The maximum atomic E-state index is 13.4. The molecule has 1 amide bonds. The molecule has 0 bridgehead atoms. The van der Waals surface area contributed by atoms with Crippen LogP contribution in [0.1, 0.15) is 79.6 Å². The molecule has 0 aliphatic heterocycles. The number of rotatable bonds is 7. The fourth-order valence-electron chi connectivity index (χ4n) is 4.38. The predicted molar refractivity (Wildman–Crippen MR) is 131 cm³/mol. The minimum atomic E-state index is -4.45. The van der Waals surface area contributed by atoms with Crippen LogP contribution in [-0.4, -0.2) is 43.8 Å². The predicted octanol–water partition coefficient (Wildman–Crippen LogP) is 4.26. The van der Waals surface area contributed by atoms with Crippen molar-refractivity contribution in [1.29, 1.82) is 0 Å². The molecule has 0 saturated heterocycles. The van der Waals surface area contributed by atoms with Crippen molar-refractivity contribution in [2.75, 3.05) is 6.54 Å². The van der Waals surface area contributed by atoms with Crippen LogP contribution in [-0.2, 0) is 23.9 Å². The van der Waals surface area contributed by atoms with E-state index < -0.39 is 29.2 Å². The largest absolute Gasteiger partial charge is 0.481 e. The first kappa shape index (κ1) is 28.3. The van der Waals surface area contributed by atoms with E-state index in [4.69, 9.17) is 0 Å². The minimum Gasteiger partial charge on any atom is -0.481 e. The number of alkyl halides is 3. The van der Waals surface area contributed by atoms with Gasteiger partial charge in [-0.15, -0.1) is 0 Å². The van der Waals surface area contributed by atoms with E-state index in [0.717, 1.165) is 12.1 Å². The number of nitrogens with one attached hydrogen (secondary N) is 1. The Hall–Kier alpha value is -3.32. The van der Waals surface area contributed by atoms with Gasteiger partial charge in [-0.05, 0) is 69.1 Å². The number of carbonyl (C=O) groups is 2. The van der Waals surface area contributed by atoms with Gasteiger partial charge in [-0.25, -0.2) is 4.98 Å². The fraction of sp³-hybridized carbons (Fsp3) is 0.519. The monoisotopic (exact) mass is 519 g/mol. The Bertz CT molecular complexity index is 1180. The zero-order valence-electron chi connectivity index (χ0n) is 21.2. The maximum Gasteiger partial charge on any atom is 0.416 e. The quantitative estimate of drug-likeness (QED) is 0.475. The Balaban J connectivity index is 1.88. The number of aryl methyl sites for hydroxylation is 1. The summed E-state index contributed by atoms with van der Waals surface area (Å²) < 4.78 is 40.6. The van der Waals surface area contributed by atoms with Gasteiger partial charge < -0.3 is 20.1 Å². The second kappa shape index (κ2) is 11.4. The van der Waals surface area contributed by atoms with Gasteiger partial charge in [0.1, 0.15) is 22.8 Å². The summed E-state index contributed by atoms with van der Waals surface area (Å²) in [4.78, 5) is 29.1. The van der Waals surface area contributed by atoms with Crippen molar-refractivity contribution in [3.63, 3.8) is 0 Å². The molecule has 3 N–H and O–H groups in total. The van der Waals surface area contributed by atoms with Crippen LogP contribution in [0.5, 0.6) is 0 Å². The molecule has 1 heterocycles. The summed E-state index contributed by atoms with van der Waals surface area (Å²) in [6, 6.07) is 4.74. The van der Waals surface area contributed by atoms with Crippen LogP contribution >= 0.6 is 0 Å². The van der Waals surface area contributed by atoms with Crippen molar-refractivity contribution in [2.45, 2.75) is 71.2 Å². The molecule has 0 radical (unpaired) electrons. The Labute approximate surface area is 214 Å². The molecule has 1 aliphatic carbocycles. The van der Waals surface area contributed by atoms with E-state index >= 15 is 0 Å². The van der Waals surface area contributed by atoms with Crippen LogP contribution < -0.4 is 5.32 Å². The van der Waals surface area contributed by atoms with Crippen molar-refractivity contribution in [3.05, 3.63) is 52.6 Å². The molecule has 0 atom stereocenters. The lowest BCUT2D eigenvalue weighted by molar-refractivity contribution is -0.143. The first-order valence-electron chi connectivity index (χ1n) is 12.3. The Morgan fingerprint density at radius 2 is 1.76 bits per heavy atom. The number of hydrogen-bond donors (Lipinski definition) is 3. The summed E-state index contributed by atoms with van der Waals surface area (Å²) in [6.45, 7) is 5.34. The lowest BCUT2D eigenvalue weighted by Crippen LogP contribution is -2.34. The number of carboxylic acid groups (broad SMARTS) is 1. The van der Waals surface area contributed by atoms with Gasteiger partial charge in [0.05, 0.1) is 11.5 Å². The van der Waals surface area contributed by atoms with Crippen LogP contribution in [0, 0.1) is 23.7 Å². The average molecular weight is 520 g/mol. The molecule has 7 nitrogen and oxygen atoms in total. The highest BCUT2D eigenvalue weighted by Gasteiger charge is 2.30. The van der Waals surface area contributed by atoms with Crippen molar-refractivity contribution < 1.29 is 33.0 Å². The van der Waals surface area contributed by atoms with Crippen LogP contribution in [0.25, 0.3) is 0 Å². The van der Waals surface area contributed by atoms with Crippen LogP contribution in [0.3, 0.4) is 0 Å². The number of aliphatic carboxylic acids is 1. The highest BCUT2D eigenvalue weighted by molar-refractivity contribution is 5.95. The number of hydrogen-bond acceptors (Lipinski definition) is 4. The third-order valence-electron chi connectivity index (χ3n) is 6.43. The van der Waals surface area contributed by atoms with Gasteiger partial charge in [0.25, 0.3) is 5.91 Å². The van der Waals surface area contributed by atoms with Gasteiger partial charge in [0.2, 0.25) is 0 Å². The zero-order chi connectivity index (χ0) is 27.4. The number of benzene rings is 1. The standard InChI is InChI=1S/C27H32F3N3O4/c1-4-22-32-21(13-14-26(2,3)37)23(24(34)31-15-17-5-9-19(10-6-17)25(35)36)33(22)16-18-7-11-20(12-8-18)27(28,29)30/h7-8,11-12,17,19,37H,4-6,9-10,15-16H2,1-3H3,(H,31,34)(H,35,36)/t17-,19-. The first-order chi connectivity index (χ1) is 17.3. The third kappa shape index (κ3) is 7.59. The normalized spacial score (nSPS) is 18.1. The first-order valence-corrected chi connectivity index (χ1v) is 12.3. The summed E-state index contributed by atoms with van der Waals surface area (Å²) in [6.07, 6.45) is -1.50. The fourth-order valence-corrected chi connectivity index (χ4v) is 4.38. The van der Waals surface area contributed by atoms with Crippen LogP contribution in [0.2, 0.25) is 0 Å². The van der Waals surface area contributed by atoms with Gasteiger partial charge in [-0.3, -0.25) is 9.59 Å². The van der Waals surface area contributed by atoms with E-state index in [-0.39, 0.29) is 29.8 Å². The molecule has 10 heteroatoms. The minimum absolute atomic E-state index is 0.116. The number of carboxylic acids is 1. The number of nitrogens with zero attached hydrogens (tertiary/aromatic N) is 2. The lowest BCUT2D eigenvalue weighted by Gasteiger charge is -2.26. The number of aliphatic hydroxyl groups is 1. The second-order valence-electron chi connectivity index (χ2n) is 9.93. The molecule has 3 rings (SSSR count). The molecule has 2 aromatic rings. The third-order valence-corrected chi connectivity index (χ3v) is 6.43. The SMILES string of the molecule is CCc1nc(C#CC(C)(C)O)c(C(=O)NC[C@H]2CC[C@H](C(=O)O)CC2)n1Cc1ccc(C(F)(F)F)cc1. The molecule has 1 aromatic carbocycles. The summed E-state index contributed by atoms with van der Waals surface area (Å²) in [5, 5.41) is 22.2. The van der Waals surface area contributed by atoms with E-state index in [1.54, 1.807) is 4.57 Å². The van der Waals surface area contributed by atoms with Gasteiger partial charge >= 0.3 is 12.1 Å². The van der Waals surface area contributed by atoms with E-state index in [1.807, 2.05) is 6.92 Å². The number of imidazole rings is 1. The Morgan fingerprint density at radius 3 is 2.27 bits per heavy atom. The topological polar surface area (TPSA) is 104 Å². The highest BCUT2D eigenvalue weighted by Crippen LogP contribution is 2.30. The van der Waals surface area contributed by atoms with Crippen LogP contribution in [0.15, 0.2) is 24.3 Å². The lowest BCUT2D eigenvalue weighted by atomic mass is 9.82. The number of carbonyl (C=O) groups excluding carboxylic acids is 1. The molecule has 200 valence electrons. The van der Waals surface area contributed by atoms with Crippen molar-refractivity contribution in [1.82, 2.24) is 14.9 Å². The Kier molecular flexibility index (Phi) is 8.69. The Morgan fingerprint density at radius 1 is 1.14 bits per heavy atom. The number of halogens is 3. The maximum absolute atomic E-state index is 13.4. The molecule has 0 spiro atoms. The van der Waals surface area contributed by atoms with Crippen molar-refractivity contribution >= 4 is 11.9 Å². The summed E-state index contributed by atoms with van der Waals surface area (Å²) >= 11 is 0. The molecule has 1 aliphatic rings. The van der Waals surface area contributed by atoms with Crippen molar-refractivity contribution in [2.24, 2.45) is 11.8 Å². The number of aromatic nitrogens is 2. The van der Waals surface area contributed by atoms with E-state index in [9.17, 15) is 33.0 Å². The summed E-state index contributed by atoms with van der Waals surface area (Å²) in [7, 11) is 0. The zero-order valence-corrected chi connectivity index (χ0v) is 21.2. The summed E-state index contributed by atoms with van der Waals surface area (Å²) in [5.74, 6) is 4.57. The van der Waals surface area contributed by atoms with E-state index in [2.05, 4.69) is 22.1 Å². The highest BCUT2D eigenvalue weighted by atomic mass is 19.4. The molecular weight excluding hydrogens is 487 g/mol. The molecular formula is C27H32F3N3O4. The van der Waals surface area contributed by atoms with Gasteiger partial charge in [0.15, 0.2) is 0 Å². The second-order valence-corrected chi connectivity index (χ2v) is 9.93. The molecule has 1 fully saturated rings.